The van der Waals surface area contributed by atoms with Crippen LogP contribution in [0.5, 0.6) is 5.75 Å². The second-order valence-electron chi connectivity index (χ2n) is 5.01. The summed E-state index contributed by atoms with van der Waals surface area (Å²) in [7, 11) is 0. The molecule has 0 aliphatic heterocycles. The smallest absolute Gasteiger partial charge is 0.260 e. The molecule has 0 fully saturated rings. The first-order valence-corrected chi connectivity index (χ1v) is 8.96. The number of nitrogens with one attached hydrogen (secondary N) is 1. The number of H-pyrrole nitrogens is 1. The van der Waals surface area contributed by atoms with E-state index in [0.717, 1.165) is 11.1 Å². The van der Waals surface area contributed by atoms with Crippen LogP contribution >= 0.6 is 34.3 Å². The van der Waals surface area contributed by atoms with Crippen LogP contribution in [0.25, 0.3) is 32.5 Å². The minimum atomic E-state index is -0.314. The molecule has 1 aromatic carbocycles. The van der Waals surface area contributed by atoms with E-state index in [-0.39, 0.29) is 16.9 Å². The third kappa shape index (κ3) is 2.28. The monoisotopic (exact) mass is 359 g/mol. The summed E-state index contributed by atoms with van der Waals surface area (Å²) in [5.41, 5.74) is 2.33. The molecule has 0 saturated carbocycles. The summed E-state index contributed by atoms with van der Waals surface area (Å²) in [6, 6.07) is 11.4. The van der Waals surface area contributed by atoms with Crippen molar-refractivity contribution in [1.29, 1.82) is 0 Å². The Morgan fingerprint density at radius 2 is 1.83 bits per heavy atom. The summed E-state index contributed by atoms with van der Waals surface area (Å²) in [6.45, 7) is 0. The third-order valence-electron chi connectivity index (χ3n) is 3.67. The molecule has 3 aromatic heterocycles. The predicted octanol–water partition coefficient (Wildman–Crippen LogP) is 5.34. The van der Waals surface area contributed by atoms with Crippen LogP contribution in [0.2, 0.25) is 4.34 Å². The molecule has 4 aromatic rings. The highest BCUT2D eigenvalue weighted by Gasteiger charge is 2.21. The van der Waals surface area contributed by atoms with E-state index >= 15 is 0 Å². The van der Waals surface area contributed by atoms with E-state index in [1.165, 1.54) is 22.7 Å². The van der Waals surface area contributed by atoms with Crippen molar-refractivity contribution >= 4 is 44.5 Å². The molecule has 0 spiro atoms. The molecule has 0 unspecified atom stereocenters. The number of aromatic hydroxyl groups is 1. The van der Waals surface area contributed by atoms with E-state index in [1.807, 2.05) is 47.2 Å². The molecule has 6 heteroatoms. The van der Waals surface area contributed by atoms with E-state index in [1.54, 1.807) is 0 Å². The Morgan fingerprint density at radius 1 is 1.04 bits per heavy atom. The maximum absolute atomic E-state index is 12.4. The zero-order chi connectivity index (χ0) is 16.0. The first kappa shape index (κ1) is 14.5. The number of aromatic amines is 1. The average molecular weight is 360 g/mol. The lowest BCUT2D eigenvalue weighted by atomic mass is 10.0. The lowest BCUT2D eigenvalue weighted by Crippen LogP contribution is -2.08. The van der Waals surface area contributed by atoms with Gasteiger partial charge in [-0.1, -0.05) is 41.9 Å². The summed E-state index contributed by atoms with van der Waals surface area (Å²) in [5.74, 6) is -0.0239. The highest BCUT2D eigenvalue weighted by molar-refractivity contribution is 7.23. The number of rotatable bonds is 2. The molecule has 0 radical (unpaired) electrons. The molecule has 0 saturated heterocycles. The Labute approximate surface area is 144 Å². The number of thiophene rings is 2. The van der Waals surface area contributed by atoms with Gasteiger partial charge in [0.2, 0.25) is 0 Å². The van der Waals surface area contributed by atoms with E-state index in [2.05, 4.69) is 4.98 Å². The third-order valence-corrected chi connectivity index (χ3v) is 5.66. The molecule has 114 valence electrons. The van der Waals surface area contributed by atoms with Crippen molar-refractivity contribution in [3.63, 3.8) is 0 Å². The van der Waals surface area contributed by atoms with Crippen molar-refractivity contribution in [3.8, 4) is 28.0 Å². The van der Waals surface area contributed by atoms with Gasteiger partial charge in [0, 0.05) is 11.1 Å². The van der Waals surface area contributed by atoms with Crippen molar-refractivity contribution < 1.29 is 5.11 Å². The molecule has 0 aliphatic rings. The number of hydrogen-bond acceptors (Lipinski definition) is 4. The van der Waals surface area contributed by atoms with Gasteiger partial charge in [0.05, 0.1) is 10.9 Å². The van der Waals surface area contributed by atoms with Crippen LogP contribution in [0.3, 0.4) is 0 Å². The second-order valence-corrected chi connectivity index (χ2v) is 7.41. The minimum Gasteiger partial charge on any atom is -0.506 e. The molecule has 4 rings (SSSR count). The molecule has 0 bridgehead atoms. The Bertz CT molecular complexity index is 1050. The SMILES string of the molecule is O=c1[nH]c2sc(Cl)c(-c3ccccc3)c2c(O)c1-c1ccsc1. The molecule has 3 heterocycles. The zero-order valence-electron chi connectivity index (χ0n) is 11.7. The first-order chi connectivity index (χ1) is 11.2. The topological polar surface area (TPSA) is 53.1 Å². The van der Waals surface area contributed by atoms with Crippen molar-refractivity contribution in [2.45, 2.75) is 0 Å². The van der Waals surface area contributed by atoms with Crippen molar-refractivity contribution in [2.75, 3.05) is 0 Å². The summed E-state index contributed by atoms with van der Waals surface area (Å²) < 4.78 is 0.541. The molecule has 0 amide bonds. The van der Waals surface area contributed by atoms with Crippen molar-refractivity contribution in [3.05, 3.63) is 61.8 Å². The number of hydrogen-bond donors (Lipinski definition) is 2. The van der Waals surface area contributed by atoms with Crippen LogP contribution in [0.4, 0.5) is 0 Å². The maximum Gasteiger partial charge on any atom is 0.260 e. The average Bonchev–Trinajstić information content (AvgIpc) is 3.16. The number of aromatic nitrogens is 1. The quantitative estimate of drug-likeness (QED) is 0.507. The number of benzene rings is 1. The van der Waals surface area contributed by atoms with Gasteiger partial charge in [-0.05, 0) is 22.4 Å². The Morgan fingerprint density at radius 3 is 2.52 bits per heavy atom. The van der Waals surface area contributed by atoms with E-state index in [0.29, 0.717) is 20.1 Å². The molecule has 3 nitrogen and oxygen atoms in total. The maximum atomic E-state index is 12.4. The van der Waals surface area contributed by atoms with Crippen LogP contribution in [0, 0.1) is 0 Å². The van der Waals surface area contributed by atoms with Gasteiger partial charge in [-0.2, -0.15) is 11.3 Å². The van der Waals surface area contributed by atoms with Gasteiger partial charge >= 0.3 is 0 Å². The molecule has 0 atom stereocenters. The van der Waals surface area contributed by atoms with Gasteiger partial charge < -0.3 is 10.1 Å². The Kier molecular flexibility index (Phi) is 3.49. The van der Waals surface area contributed by atoms with Gasteiger partial charge in [0.15, 0.2) is 0 Å². The van der Waals surface area contributed by atoms with E-state index < -0.39 is 0 Å². The van der Waals surface area contributed by atoms with Crippen LogP contribution in [0.1, 0.15) is 0 Å². The summed E-state index contributed by atoms with van der Waals surface area (Å²) >= 11 is 9.13. The number of fused-ring (bicyclic) bond motifs is 1. The van der Waals surface area contributed by atoms with E-state index in [4.69, 9.17) is 11.6 Å². The van der Waals surface area contributed by atoms with Gasteiger partial charge in [-0.15, -0.1) is 11.3 Å². The largest absolute Gasteiger partial charge is 0.506 e. The summed E-state index contributed by atoms with van der Waals surface area (Å²) in [5, 5.41) is 15.1. The highest BCUT2D eigenvalue weighted by atomic mass is 35.5. The number of pyridine rings is 1. The van der Waals surface area contributed by atoms with Crippen LogP contribution in [-0.2, 0) is 0 Å². The fraction of sp³-hybridized carbons (Fsp3) is 0. The van der Waals surface area contributed by atoms with Gasteiger partial charge in [-0.25, -0.2) is 0 Å². The first-order valence-electron chi connectivity index (χ1n) is 6.82. The zero-order valence-corrected chi connectivity index (χ0v) is 14.1. The fourth-order valence-electron chi connectivity index (χ4n) is 2.65. The fourth-order valence-corrected chi connectivity index (χ4v) is 4.68. The van der Waals surface area contributed by atoms with Crippen molar-refractivity contribution in [1.82, 2.24) is 4.98 Å². The predicted molar refractivity (Wildman–Crippen MR) is 97.9 cm³/mol. The Balaban J connectivity index is 2.12. The summed E-state index contributed by atoms with van der Waals surface area (Å²) in [4.78, 5) is 15.8. The van der Waals surface area contributed by atoms with Gasteiger partial charge in [0.25, 0.3) is 5.56 Å². The van der Waals surface area contributed by atoms with Crippen LogP contribution in [0.15, 0.2) is 52.0 Å². The standard InChI is InChI=1S/C17H10ClNO2S2/c18-15-11(9-4-2-1-3-5-9)13-14(20)12(10-6-7-22-8-10)16(21)19-17(13)23-15/h1-8H,(H2,19,20,21). The molecular formula is C17H10ClNO2S2. The van der Waals surface area contributed by atoms with Crippen LogP contribution in [-0.4, -0.2) is 10.1 Å². The van der Waals surface area contributed by atoms with Gasteiger partial charge in [-0.3, -0.25) is 4.79 Å². The van der Waals surface area contributed by atoms with E-state index in [9.17, 15) is 9.90 Å². The Hall–Kier alpha value is -2.08. The normalized spacial score (nSPS) is 11.2. The van der Waals surface area contributed by atoms with Crippen LogP contribution < -0.4 is 5.56 Å². The lowest BCUT2D eigenvalue weighted by molar-refractivity contribution is 0.483. The van der Waals surface area contributed by atoms with Gasteiger partial charge in [0.1, 0.15) is 14.9 Å². The second kappa shape index (κ2) is 5.53. The highest BCUT2D eigenvalue weighted by Crippen LogP contribution is 2.46. The molecule has 0 aliphatic carbocycles. The lowest BCUT2D eigenvalue weighted by Gasteiger charge is -2.06. The number of halogens is 1. The molecule has 2 N–H and O–H groups in total. The van der Waals surface area contributed by atoms with Crippen molar-refractivity contribution in [2.24, 2.45) is 0 Å². The minimum absolute atomic E-state index is 0.0239. The molecular weight excluding hydrogens is 350 g/mol. The summed E-state index contributed by atoms with van der Waals surface area (Å²) in [6.07, 6.45) is 0. The molecule has 23 heavy (non-hydrogen) atoms.